The van der Waals surface area contributed by atoms with Crippen molar-refractivity contribution in [2.45, 2.75) is 57.1 Å². The molecule has 1 aliphatic carbocycles. The summed E-state index contributed by atoms with van der Waals surface area (Å²) >= 11 is 0. The molecule has 18 heavy (non-hydrogen) atoms. The molecular formula is C15H30N2O. The van der Waals surface area contributed by atoms with Gasteiger partial charge in [0.25, 0.3) is 0 Å². The lowest BCUT2D eigenvalue weighted by atomic mass is 9.91. The monoisotopic (exact) mass is 254 g/mol. The summed E-state index contributed by atoms with van der Waals surface area (Å²) < 4.78 is 5.48. The van der Waals surface area contributed by atoms with Crippen molar-refractivity contribution in [3.05, 3.63) is 0 Å². The number of methoxy groups -OCH3 is 1. The van der Waals surface area contributed by atoms with E-state index in [0.29, 0.717) is 12.1 Å². The highest BCUT2D eigenvalue weighted by atomic mass is 16.5. The van der Waals surface area contributed by atoms with E-state index in [2.05, 4.69) is 17.3 Å². The highest BCUT2D eigenvalue weighted by Gasteiger charge is 2.22. The van der Waals surface area contributed by atoms with Gasteiger partial charge in [-0.05, 0) is 77.5 Å². The Labute approximate surface area is 112 Å². The lowest BCUT2D eigenvalue weighted by Crippen LogP contribution is -2.38. The number of piperidine rings is 1. The minimum Gasteiger partial charge on any atom is -0.381 e. The highest BCUT2D eigenvalue weighted by Crippen LogP contribution is 2.22. The van der Waals surface area contributed by atoms with Crippen LogP contribution in [0.3, 0.4) is 0 Å². The van der Waals surface area contributed by atoms with E-state index in [1.165, 1.54) is 64.6 Å². The molecule has 0 spiro atoms. The number of rotatable bonds is 5. The van der Waals surface area contributed by atoms with Gasteiger partial charge in [-0.3, -0.25) is 0 Å². The molecule has 0 bridgehead atoms. The lowest BCUT2D eigenvalue weighted by molar-refractivity contribution is 0.0585. The van der Waals surface area contributed by atoms with Gasteiger partial charge >= 0.3 is 0 Å². The smallest absolute Gasteiger partial charge is 0.0586 e. The first-order chi connectivity index (χ1) is 8.78. The summed E-state index contributed by atoms with van der Waals surface area (Å²) in [6, 6.07) is 0.704. The fraction of sp³-hybridized carbons (Fsp3) is 1.00. The van der Waals surface area contributed by atoms with Gasteiger partial charge in [-0.25, -0.2) is 0 Å². The molecule has 2 aliphatic rings. The minimum absolute atomic E-state index is 0.500. The molecule has 3 nitrogen and oxygen atoms in total. The second-order valence-electron chi connectivity index (χ2n) is 6.21. The highest BCUT2D eigenvalue weighted by molar-refractivity contribution is 4.79. The molecule has 1 heterocycles. The van der Waals surface area contributed by atoms with Crippen molar-refractivity contribution in [2.24, 2.45) is 5.92 Å². The van der Waals surface area contributed by atoms with Crippen LogP contribution in [0.2, 0.25) is 0 Å². The van der Waals surface area contributed by atoms with Crippen LogP contribution in [0.15, 0.2) is 0 Å². The van der Waals surface area contributed by atoms with Gasteiger partial charge in [0.2, 0.25) is 0 Å². The van der Waals surface area contributed by atoms with Crippen molar-refractivity contribution in [1.82, 2.24) is 10.2 Å². The van der Waals surface area contributed by atoms with Crippen LogP contribution in [0, 0.1) is 5.92 Å². The molecule has 0 aromatic carbocycles. The second kappa shape index (κ2) is 7.46. The zero-order valence-corrected chi connectivity index (χ0v) is 12.2. The predicted octanol–water partition coefficient (Wildman–Crippen LogP) is 2.27. The van der Waals surface area contributed by atoms with Gasteiger partial charge in [0.15, 0.2) is 0 Å². The second-order valence-corrected chi connectivity index (χ2v) is 6.21. The molecule has 2 unspecified atom stereocenters. The van der Waals surface area contributed by atoms with Crippen LogP contribution in [-0.2, 0) is 4.74 Å². The summed E-state index contributed by atoms with van der Waals surface area (Å²) in [6.45, 7) is 3.79. The van der Waals surface area contributed by atoms with Crippen molar-refractivity contribution >= 4 is 0 Å². The van der Waals surface area contributed by atoms with Gasteiger partial charge in [-0.2, -0.15) is 0 Å². The number of likely N-dealkylation sites (tertiary alicyclic amines) is 1. The molecule has 106 valence electrons. The molecule has 2 fully saturated rings. The van der Waals surface area contributed by atoms with Crippen molar-refractivity contribution in [1.29, 1.82) is 0 Å². The maximum atomic E-state index is 5.48. The summed E-state index contributed by atoms with van der Waals surface area (Å²) in [5.74, 6) is 0.954. The molecule has 0 radical (unpaired) electrons. The Morgan fingerprint density at radius 1 is 1.17 bits per heavy atom. The molecular weight excluding hydrogens is 224 g/mol. The van der Waals surface area contributed by atoms with E-state index in [-0.39, 0.29) is 0 Å². The lowest BCUT2D eigenvalue weighted by Gasteiger charge is -2.31. The van der Waals surface area contributed by atoms with Crippen molar-refractivity contribution in [3.8, 4) is 0 Å². The maximum Gasteiger partial charge on any atom is 0.0586 e. The Morgan fingerprint density at radius 3 is 2.67 bits per heavy atom. The third kappa shape index (κ3) is 4.52. The Bertz CT molecular complexity index is 227. The zero-order valence-electron chi connectivity index (χ0n) is 12.2. The molecule has 1 saturated carbocycles. The Balaban J connectivity index is 1.57. The number of hydrogen-bond donors (Lipinski definition) is 1. The number of hydrogen-bond acceptors (Lipinski definition) is 3. The van der Waals surface area contributed by atoms with E-state index >= 15 is 0 Å². The fourth-order valence-electron chi connectivity index (χ4n) is 3.39. The standard InChI is InChI=1S/C15H30N2O/c1-17-10-7-13(8-11-17)6-9-16-14-4-3-5-15(12-14)18-2/h13-16H,3-12H2,1-2H3. The summed E-state index contributed by atoms with van der Waals surface area (Å²) in [5.41, 5.74) is 0. The van der Waals surface area contributed by atoms with Crippen LogP contribution in [-0.4, -0.2) is 50.8 Å². The molecule has 1 N–H and O–H groups in total. The van der Waals surface area contributed by atoms with Crippen LogP contribution in [0.4, 0.5) is 0 Å². The summed E-state index contributed by atoms with van der Waals surface area (Å²) in [5, 5.41) is 3.75. The molecule has 0 aromatic heterocycles. The molecule has 1 saturated heterocycles. The van der Waals surface area contributed by atoms with Gasteiger partial charge < -0.3 is 15.0 Å². The molecule has 2 rings (SSSR count). The van der Waals surface area contributed by atoms with Crippen molar-refractivity contribution in [2.75, 3.05) is 33.8 Å². The zero-order chi connectivity index (χ0) is 12.8. The van der Waals surface area contributed by atoms with Gasteiger partial charge in [0.1, 0.15) is 0 Å². The van der Waals surface area contributed by atoms with Crippen LogP contribution < -0.4 is 5.32 Å². The molecule has 0 aromatic rings. The van der Waals surface area contributed by atoms with Gasteiger partial charge in [-0.1, -0.05) is 0 Å². The minimum atomic E-state index is 0.500. The van der Waals surface area contributed by atoms with Crippen LogP contribution >= 0.6 is 0 Å². The number of nitrogens with zero attached hydrogens (tertiary/aromatic N) is 1. The van der Waals surface area contributed by atoms with Gasteiger partial charge in [0.05, 0.1) is 6.10 Å². The van der Waals surface area contributed by atoms with Gasteiger partial charge in [0, 0.05) is 13.2 Å². The van der Waals surface area contributed by atoms with E-state index in [1.54, 1.807) is 0 Å². The van der Waals surface area contributed by atoms with E-state index in [0.717, 1.165) is 5.92 Å². The normalized spacial score (nSPS) is 31.7. The maximum absolute atomic E-state index is 5.48. The van der Waals surface area contributed by atoms with E-state index in [4.69, 9.17) is 4.74 Å². The van der Waals surface area contributed by atoms with Gasteiger partial charge in [-0.15, -0.1) is 0 Å². The Morgan fingerprint density at radius 2 is 1.94 bits per heavy atom. The average Bonchev–Trinajstić information content (AvgIpc) is 2.41. The summed E-state index contributed by atoms with van der Waals surface area (Å²) in [7, 11) is 4.09. The van der Waals surface area contributed by atoms with Crippen molar-refractivity contribution in [3.63, 3.8) is 0 Å². The first-order valence-corrected chi connectivity index (χ1v) is 7.72. The topological polar surface area (TPSA) is 24.5 Å². The number of nitrogens with one attached hydrogen (secondary N) is 1. The summed E-state index contributed by atoms with van der Waals surface area (Å²) in [4.78, 5) is 2.45. The summed E-state index contributed by atoms with van der Waals surface area (Å²) in [6.07, 6.45) is 9.78. The molecule has 2 atom stereocenters. The van der Waals surface area contributed by atoms with E-state index in [9.17, 15) is 0 Å². The van der Waals surface area contributed by atoms with E-state index < -0.39 is 0 Å². The molecule has 0 amide bonds. The third-order valence-corrected chi connectivity index (χ3v) is 4.78. The first kappa shape index (κ1) is 14.3. The van der Waals surface area contributed by atoms with Crippen LogP contribution in [0.25, 0.3) is 0 Å². The first-order valence-electron chi connectivity index (χ1n) is 7.72. The molecule has 3 heteroatoms. The Hall–Kier alpha value is -0.120. The van der Waals surface area contributed by atoms with Crippen LogP contribution in [0.1, 0.15) is 44.9 Å². The predicted molar refractivity (Wildman–Crippen MR) is 75.9 cm³/mol. The fourth-order valence-corrected chi connectivity index (χ4v) is 3.39. The quantitative estimate of drug-likeness (QED) is 0.814. The number of ether oxygens (including phenoxy) is 1. The third-order valence-electron chi connectivity index (χ3n) is 4.78. The SMILES string of the molecule is COC1CCCC(NCCC2CCN(C)CC2)C1. The molecule has 1 aliphatic heterocycles. The largest absolute Gasteiger partial charge is 0.381 e. The van der Waals surface area contributed by atoms with Crippen LogP contribution in [0.5, 0.6) is 0 Å². The Kier molecular flexibility index (Phi) is 5.93. The van der Waals surface area contributed by atoms with E-state index in [1.807, 2.05) is 7.11 Å². The van der Waals surface area contributed by atoms with Crippen molar-refractivity contribution < 1.29 is 4.74 Å². The average molecular weight is 254 g/mol.